The summed E-state index contributed by atoms with van der Waals surface area (Å²) in [6.45, 7) is -2.12. The van der Waals surface area contributed by atoms with Crippen molar-refractivity contribution in [1.29, 1.82) is 0 Å². The van der Waals surface area contributed by atoms with Gasteiger partial charge in [-0.25, -0.2) is 0 Å². The van der Waals surface area contributed by atoms with Crippen LogP contribution in [0.25, 0.3) is 0 Å². The highest BCUT2D eigenvalue weighted by Gasteiger charge is 2.20. The van der Waals surface area contributed by atoms with E-state index in [1.165, 1.54) is 0 Å². The van der Waals surface area contributed by atoms with Crippen LogP contribution in [0.15, 0.2) is 0 Å². The van der Waals surface area contributed by atoms with E-state index in [1.807, 2.05) is 0 Å². The fourth-order valence-electron chi connectivity index (χ4n) is 0.515. The van der Waals surface area contributed by atoms with Crippen LogP contribution in [0.5, 0.6) is 0 Å². The van der Waals surface area contributed by atoms with Crippen LogP contribution in [0.4, 0.5) is 0 Å². The Hall–Kier alpha value is -0.280. The zero-order valence-electron chi connectivity index (χ0n) is 6.29. The van der Waals surface area contributed by atoms with Gasteiger partial charge in [-0.1, -0.05) is 0 Å². The van der Waals surface area contributed by atoms with Gasteiger partial charge in [0.25, 0.3) is 0 Å². The number of hydrogen-bond acceptors (Lipinski definition) is 7. The van der Waals surface area contributed by atoms with Crippen molar-refractivity contribution >= 4 is 0 Å². The second kappa shape index (κ2) is 7.37. The van der Waals surface area contributed by atoms with E-state index >= 15 is 0 Å². The highest BCUT2D eigenvalue weighted by molar-refractivity contribution is 4.44. The SMILES string of the molecule is OCOC(O)C(OCO)OCO. The van der Waals surface area contributed by atoms with E-state index in [4.69, 9.17) is 20.4 Å². The molecular weight excluding hydrogens is 172 g/mol. The summed E-state index contributed by atoms with van der Waals surface area (Å²) in [4.78, 5) is 0. The van der Waals surface area contributed by atoms with Crippen molar-refractivity contribution < 1.29 is 34.6 Å². The zero-order chi connectivity index (χ0) is 9.40. The second-order valence-electron chi connectivity index (χ2n) is 1.65. The van der Waals surface area contributed by atoms with Gasteiger partial charge in [0.2, 0.25) is 12.6 Å². The Labute approximate surface area is 68.7 Å². The molecule has 0 saturated carbocycles. The molecule has 0 aromatic rings. The van der Waals surface area contributed by atoms with Gasteiger partial charge in [-0.15, -0.1) is 0 Å². The number of aliphatic hydroxyl groups excluding tert-OH is 4. The molecule has 0 aliphatic rings. The first kappa shape index (κ1) is 11.7. The monoisotopic (exact) mass is 184 g/mol. The molecule has 0 amide bonds. The van der Waals surface area contributed by atoms with Crippen molar-refractivity contribution in [1.82, 2.24) is 0 Å². The van der Waals surface area contributed by atoms with Gasteiger partial charge in [0.1, 0.15) is 20.4 Å². The van der Waals surface area contributed by atoms with Crippen molar-refractivity contribution in [3.63, 3.8) is 0 Å². The molecule has 0 rings (SSSR count). The molecule has 0 spiro atoms. The maximum absolute atomic E-state index is 8.92. The third kappa shape index (κ3) is 4.57. The smallest absolute Gasteiger partial charge is 0.213 e. The summed E-state index contributed by atoms with van der Waals surface area (Å²) < 4.78 is 13.0. The van der Waals surface area contributed by atoms with Crippen LogP contribution in [0, 0.1) is 0 Å². The fourth-order valence-corrected chi connectivity index (χ4v) is 0.515. The van der Waals surface area contributed by atoms with Crippen molar-refractivity contribution in [3.8, 4) is 0 Å². The van der Waals surface area contributed by atoms with Crippen LogP contribution in [-0.4, -0.2) is 53.4 Å². The van der Waals surface area contributed by atoms with Crippen LogP contribution < -0.4 is 0 Å². The first-order chi connectivity index (χ1) is 5.76. The van der Waals surface area contributed by atoms with Crippen molar-refractivity contribution in [2.75, 3.05) is 20.4 Å². The summed E-state index contributed by atoms with van der Waals surface area (Å²) in [5, 5.41) is 33.7. The van der Waals surface area contributed by atoms with Crippen LogP contribution in [0.2, 0.25) is 0 Å². The predicted octanol–water partition coefficient (Wildman–Crippen LogP) is -2.47. The van der Waals surface area contributed by atoms with Gasteiger partial charge in [0.15, 0.2) is 0 Å². The van der Waals surface area contributed by atoms with Crippen molar-refractivity contribution in [2.24, 2.45) is 0 Å². The molecule has 12 heavy (non-hydrogen) atoms. The number of ether oxygens (including phenoxy) is 3. The Morgan fingerprint density at radius 2 is 1.25 bits per heavy atom. The largest absolute Gasteiger partial charge is 0.371 e. The van der Waals surface area contributed by atoms with Crippen LogP contribution in [0.3, 0.4) is 0 Å². The average molecular weight is 184 g/mol. The maximum atomic E-state index is 8.92. The molecule has 0 aromatic carbocycles. The molecule has 0 heterocycles. The Kier molecular flexibility index (Phi) is 7.20. The zero-order valence-corrected chi connectivity index (χ0v) is 6.29. The van der Waals surface area contributed by atoms with Crippen LogP contribution in [-0.2, 0) is 14.2 Å². The summed E-state index contributed by atoms with van der Waals surface area (Å²) in [6, 6.07) is 0. The van der Waals surface area contributed by atoms with E-state index in [0.29, 0.717) is 0 Å². The maximum Gasteiger partial charge on any atom is 0.213 e. The summed E-state index contributed by atoms with van der Waals surface area (Å²) in [5.41, 5.74) is 0. The minimum atomic E-state index is -1.56. The van der Waals surface area contributed by atoms with Gasteiger partial charge < -0.3 is 34.6 Å². The Bertz CT molecular complexity index is 91.8. The lowest BCUT2D eigenvalue weighted by Gasteiger charge is -2.20. The summed E-state index contributed by atoms with van der Waals surface area (Å²) >= 11 is 0. The molecule has 0 aliphatic heterocycles. The minimum Gasteiger partial charge on any atom is -0.371 e. The molecule has 1 unspecified atom stereocenters. The van der Waals surface area contributed by atoms with Crippen LogP contribution in [0.1, 0.15) is 0 Å². The summed E-state index contributed by atoms with van der Waals surface area (Å²) in [5.74, 6) is 0. The topological polar surface area (TPSA) is 109 Å². The number of hydrogen-bond donors (Lipinski definition) is 4. The number of rotatable bonds is 7. The molecule has 0 bridgehead atoms. The van der Waals surface area contributed by atoms with E-state index in [1.54, 1.807) is 0 Å². The lowest BCUT2D eigenvalue weighted by molar-refractivity contribution is -0.311. The molecular formula is C5H12O7. The van der Waals surface area contributed by atoms with Crippen LogP contribution >= 0.6 is 0 Å². The lowest BCUT2D eigenvalue weighted by atomic mass is 10.6. The Morgan fingerprint density at radius 3 is 1.58 bits per heavy atom. The molecule has 0 aliphatic carbocycles. The van der Waals surface area contributed by atoms with E-state index in [-0.39, 0.29) is 0 Å². The van der Waals surface area contributed by atoms with Gasteiger partial charge in [-0.05, 0) is 0 Å². The van der Waals surface area contributed by atoms with Gasteiger partial charge in [-0.2, -0.15) is 0 Å². The highest BCUT2D eigenvalue weighted by Crippen LogP contribution is 2.01. The molecule has 1 atom stereocenters. The van der Waals surface area contributed by atoms with Crippen molar-refractivity contribution in [2.45, 2.75) is 12.6 Å². The van der Waals surface area contributed by atoms with E-state index in [0.717, 1.165) is 0 Å². The molecule has 7 heteroatoms. The number of aliphatic hydroxyl groups is 4. The third-order valence-corrected chi connectivity index (χ3v) is 0.956. The average Bonchev–Trinajstić information content (AvgIpc) is 2.04. The standard InChI is InChI=1S/C5H12O7/c6-1-10-4(9)5(11-2-7)12-3-8/h4-9H,1-3H2. The molecule has 0 saturated heterocycles. The predicted molar refractivity (Wildman–Crippen MR) is 34.3 cm³/mol. The van der Waals surface area contributed by atoms with E-state index in [9.17, 15) is 0 Å². The summed E-state index contributed by atoms with van der Waals surface area (Å²) in [7, 11) is 0. The minimum absolute atomic E-state index is 0.698. The van der Waals surface area contributed by atoms with E-state index < -0.39 is 33.0 Å². The van der Waals surface area contributed by atoms with E-state index in [2.05, 4.69) is 14.2 Å². The van der Waals surface area contributed by atoms with Gasteiger partial charge in [-0.3, -0.25) is 0 Å². The van der Waals surface area contributed by atoms with Gasteiger partial charge >= 0.3 is 0 Å². The Morgan fingerprint density at radius 1 is 0.833 bits per heavy atom. The molecule has 4 N–H and O–H groups in total. The summed E-state index contributed by atoms with van der Waals surface area (Å²) in [6.07, 6.45) is -2.89. The van der Waals surface area contributed by atoms with Gasteiger partial charge in [0, 0.05) is 0 Å². The molecule has 0 fully saturated rings. The van der Waals surface area contributed by atoms with Crippen molar-refractivity contribution in [3.05, 3.63) is 0 Å². The molecule has 7 nitrogen and oxygen atoms in total. The molecule has 0 radical (unpaired) electrons. The molecule has 0 aromatic heterocycles. The lowest BCUT2D eigenvalue weighted by Crippen LogP contribution is -2.34. The Balaban J connectivity index is 3.72. The quantitative estimate of drug-likeness (QED) is 0.325. The third-order valence-electron chi connectivity index (χ3n) is 0.956. The van der Waals surface area contributed by atoms with Gasteiger partial charge in [0.05, 0.1) is 0 Å². The normalized spacial score (nSPS) is 13.8. The second-order valence-corrected chi connectivity index (χ2v) is 1.65. The fraction of sp³-hybridized carbons (Fsp3) is 1.00. The first-order valence-electron chi connectivity index (χ1n) is 3.11. The molecule has 74 valence electrons. The first-order valence-corrected chi connectivity index (χ1v) is 3.11. The highest BCUT2D eigenvalue weighted by atomic mass is 16.8.